The third-order valence-corrected chi connectivity index (χ3v) is 6.04. The number of nitro groups is 1. The van der Waals surface area contributed by atoms with Crippen molar-refractivity contribution in [1.82, 2.24) is 14.5 Å². The molecule has 2 rings (SSSR count). The second-order valence-electron chi connectivity index (χ2n) is 8.56. The minimum absolute atomic E-state index is 0.158. The molecule has 1 aromatic rings. The number of nitro benzene ring substituents is 1. The van der Waals surface area contributed by atoms with E-state index >= 15 is 0 Å². The lowest BCUT2D eigenvalue weighted by atomic mass is 10.2. The van der Waals surface area contributed by atoms with Gasteiger partial charge in [-0.15, -0.1) is 0 Å². The van der Waals surface area contributed by atoms with Crippen LogP contribution in [0.4, 0.5) is 16.2 Å². The molecule has 1 fully saturated rings. The van der Waals surface area contributed by atoms with Crippen LogP contribution in [0.1, 0.15) is 20.8 Å². The van der Waals surface area contributed by atoms with Gasteiger partial charge in [0.05, 0.1) is 9.82 Å². The Morgan fingerprint density at radius 1 is 1.23 bits per heavy atom. The molecular weight excluding hydrogens is 426 g/mol. The Bertz CT molecular complexity index is 905. The molecule has 0 aromatic heterocycles. The Morgan fingerprint density at radius 2 is 1.84 bits per heavy atom. The lowest BCUT2D eigenvalue weighted by Gasteiger charge is -2.36. The van der Waals surface area contributed by atoms with Gasteiger partial charge >= 0.3 is 6.09 Å². The molecule has 31 heavy (non-hydrogen) atoms. The first-order valence-electron chi connectivity index (χ1n) is 9.96. The van der Waals surface area contributed by atoms with Crippen LogP contribution in [-0.2, 0) is 14.8 Å². The molecule has 0 aliphatic carbocycles. The van der Waals surface area contributed by atoms with Gasteiger partial charge in [-0.2, -0.15) is 0 Å². The number of rotatable bonds is 7. The first-order valence-corrected chi connectivity index (χ1v) is 11.4. The van der Waals surface area contributed by atoms with Crippen LogP contribution in [0.15, 0.2) is 23.1 Å². The van der Waals surface area contributed by atoms with Gasteiger partial charge < -0.3 is 19.4 Å². The zero-order valence-corrected chi connectivity index (χ0v) is 19.4. The zero-order valence-electron chi connectivity index (χ0n) is 18.6. The Balaban J connectivity index is 2.14. The smallest absolute Gasteiger partial charge is 0.410 e. The summed E-state index contributed by atoms with van der Waals surface area (Å²) < 4.78 is 32.8. The van der Waals surface area contributed by atoms with Crippen LogP contribution >= 0.6 is 0 Å². The van der Waals surface area contributed by atoms with Crippen molar-refractivity contribution in [3.05, 3.63) is 28.3 Å². The number of likely N-dealkylation sites (N-methyl/N-ethyl adjacent to an activating group) is 1. The number of carbonyl (C=O) groups excluding carboxylic acids is 1. The van der Waals surface area contributed by atoms with Gasteiger partial charge in [0.15, 0.2) is 0 Å². The van der Waals surface area contributed by atoms with Crippen molar-refractivity contribution in [3.8, 4) is 0 Å². The lowest BCUT2D eigenvalue weighted by Crippen LogP contribution is -2.50. The fourth-order valence-corrected chi connectivity index (χ4v) is 4.07. The van der Waals surface area contributed by atoms with E-state index < -0.39 is 26.6 Å². The summed E-state index contributed by atoms with van der Waals surface area (Å²) in [6.45, 7) is 7.48. The highest BCUT2D eigenvalue weighted by Gasteiger charge is 2.29. The summed E-state index contributed by atoms with van der Waals surface area (Å²) in [5, 5.41) is 11.6. The highest BCUT2D eigenvalue weighted by molar-refractivity contribution is 7.89. The van der Waals surface area contributed by atoms with E-state index in [4.69, 9.17) is 4.74 Å². The van der Waals surface area contributed by atoms with E-state index in [1.165, 1.54) is 12.1 Å². The third-order valence-electron chi connectivity index (χ3n) is 4.58. The summed E-state index contributed by atoms with van der Waals surface area (Å²) >= 11 is 0. The molecule has 0 bridgehead atoms. The van der Waals surface area contributed by atoms with E-state index in [1.54, 1.807) is 30.6 Å². The maximum absolute atomic E-state index is 12.5. The van der Waals surface area contributed by atoms with Crippen molar-refractivity contribution in [2.75, 3.05) is 58.3 Å². The topological polar surface area (TPSA) is 125 Å². The molecule has 1 aliphatic rings. The quantitative estimate of drug-likeness (QED) is 0.482. The summed E-state index contributed by atoms with van der Waals surface area (Å²) in [5.74, 6) is 0. The SMILES string of the molecule is CN(C)CCNS(=O)(=O)c1ccc(N2CCN(C(=O)OC(C)(C)C)CC2)c([N+](=O)[O-])c1. The number of nitrogens with zero attached hydrogens (tertiary/aromatic N) is 4. The molecule has 12 heteroatoms. The third kappa shape index (κ3) is 7.04. The van der Waals surface area contributed by atoms with Crippen molar-refractivity contribution in [2.24, 2.45) is 0 Å². The second-order valence-corrected chi connectivity index (χ2v) is 10.3. The minimum Gasteiger partial charge on any atom is -0.444 e. The molecule has 1 saturated heterocycles. The van der Waals surface area contributed by atoms with Gasteiger partial charge in [-0.05, 0) is 47.0 Å². The van der Waals surface area contributed by atoms with E-state index in [0.717, 1.165) is 6.07 Å². The first kappa shape index (κ1) is 24.8. The minimum atomic E-state index is -3.87. The molecule has 11 nitrogen and oxygen atoms in total. The molecule has 1 heterocycles. The van der Waals surface area contributed by atoms with Crippen LogP contribution in [0.25, 0.3) is 0 Å². The summed E-state index contributed by atoms with van der Waals surface area (Å²) in [7, 11) is -0.234. The summed E-state index contributed by atoms with van der Waals surface area (Å²) in [4.78, 5) is 28.3. The van der Waals surface area contributed by atoms with Crippen molar-refractivity contribution in [3.63, 3.8) is 0 Å². The molecule has 1 amide bonds. The molecular formula is C19H31N5O6S. The number of sulfonamides is 1. The predicted octanol–water partition coefficient (Wildman–Crippen LogP) is 1.49. The maximum atomic E-state index is 12.5. The number of hydrogen-bond donors (Lipinski definition) is 1. The monoisotopic (exact) mass is 457 g/mol. The first-order chi connectivity index (χ1) is 14.3. The number of anilines is 1. The van der Waals surface area contributed by atoms with Gasteiger partial charge in [0.1, 0.15) is 11.3 Å². The van der Waals surface area contributed by atoms with Crippen LogP contribution in [0.5, 0.6) is 0 Å². The van der Waals surface area contributed by atoms with E-state index in [-0.39, 0.29) is 17.1 Å². The Hall–Kier alpha value is -2.44. The normalized spacial score (nSPS) is 15.3. The van der Waals surface area contributed by atoms with Gasteiger partial charge in [-0.1, -0.05) is 0 Å². The van der Waals surface area contributed by atoms with Crippen molar-refractivity contribution in [2.45, 2.75) is 31.3 Å². The van der Waals surface area contributed by atoms with Gasteiger partial charge in [0, 0.05) is 45.3 Å². The fourth-order valence-electron chi connectivity index (χ4n) is 3.03. The Kier molecular flexibility index (Phi) is 7.84. The summed E-state index contributed by atoms with van der Waals surface area (Å²) in [5.41, 5.74) is -0.572. The van der Waals surface area contributed by atoms with E-state index in [0.29, 0.717) is 38.4 Å². The molecule has 1 aliphatic heterocycles. The molecule has 0 spiro atoms. The molecule has 0 unspecified atom stereocenters. The number of nitrogens with one attached hydrogen (secondary N) is 1. The van der Waals surface area contributed by atoms with Crippen LogP contribution in [0.3, 0.4) is 0 Å². The molecule has 0 atom stereocenters. The molecule has 174 valence electrons. The van der Waals surface area contributed by atoms with Gasteiger partial charge in [-0.25, -0.2) is 17.9 Å². The van der Waals surface area contributed by atoms with Crippen molar-refractivity contribution < 1.29 is 22.9 Å². The molecule has 1 N–H and O–H groups in total. The second kappa shape index (κ2) is 9.79. The average Bonchev–Trinajstić information content (AvgIpc) is 2.65. The predicted molar refractivity (Wildman–Crippen MR) is 117 cm³/mol. The lowest BCUT2D eigenvalue weighted by molar-refractivity contribution is -0.384. The number of hydrogen-bond acceptors (Lipinski definition) is 8. The van der Waals surface area contributed by atoms with E-state index in [2.05, 4.69) is 4.72 Å². The number of ether oxygens (including phenoxy) is 1. The standard InChI is InChI=1S/C19H31N5O6S/c1-19(2,3)30-18(25)23-12-10-22(11-13-23)16-7-6-15(14-17(16)24(26)27)31(28,29)20-8-9-21(4)5/h6-7,14,20H,8-13H2,1-5H3. The van der Waals surface area contributed by atoms with Crippen LogP contribution in [0, 0.1) is 10.1 Å². The van der Waals surface area contributed by atoms with Crippen molar-refractivity contribution >= 4 is 27.5 Å². The number of amides is 1. The summed E-state index contributed by atoms with van der Waals surface area (Å²) in [6, 6.07) is 3.88. The summed E-state index contributed by atoms with van der Waals surface area (Å²) in [6.07, 6.45) is -0.424. The van der Waals surface area contributed by atoms with Crippen molar-refractivity contribution in [1.29, 1.82) is 0 Å². The largest absolute Gasteiger partial charge is 0.444 e. The number of carbonyl (C=O) groups is 1. The van der Waals surface area contributed by atoms with Gasteiger partial charge in [0.2, 0.25) is 10.0 Å². The fraction of sp³-hybridized carbons (Fsp3) is 0.632. The van der Waals surface area contributed by atoms with Crippen LogP contribution in [-0.4, -0.2) is 88.2 Å². The molecule has 0 radical (unpaired) electrons. The highest BCUT2D eigenvalue weighted by atomic mass is 32.2. The number of piperazine rings is 1. The molecule has 0 saturated carbocycles. The van der Waals surface area contributed by atoms with Crippen LogP contribution in [0.2, 0.25) is 0 Å². The Morgan fingerprint density at radius 3 is 2.35 bits per heavy atom. The van der Waals surface area contributed by atoms with Gasteiger partial charge in [0.25, 0.3) is 5.69 Å². The number of benzene rings is 1. The zero-order chi connectivity index (χ0) is 23.4. The Labute approximate surface area is 183 Å². The molecule has 1 aromatic carbocycles. The van der Waals surface area contributed by atoms with E-state index in [1.807, 2.05) is 19.0 Å². The van der Waals surface area contributed by atoms with Gasteiger partial charge in [-0.3, -0.25) is 10.1 Å². The maximum Gasteiger partial charge on any atom is 0.410 e. The van der Waals surface area contributed by atoms with E-state index in [9.17, 15) is 23.3 Å². The average molecular weight is 458 g/mol. The van der Waals surface area contributed by atoms with Crippen LogP contribution < -0.4 is 9.62 Å². The highest BCUT2D eigenvalue weighted by Crippen LogP contribution is 2.31.